The molecule has 1 saturated carbocycles. The van der Waals surface area contributed by atoms with E-state index in [9.17, 15) is 8.42 Å². The molecule has 0 heterocycles. The van der Waals surface area contributed by atoms with Crippen molar-refractivity contribution in [3.8, 4) is 0 Å². The third-order valence-electron chi connectivity index (χ3n) is 2.85. The predicted molar refractivity (Wildman–Crippen MR) is 66.2 cm³/mol. The molecular formula is C9H21ClN2O3S. The first-order valence-electron chi connectivity index (χ1n) is 5.28. The third kappa shape index (κ3) is 4.97. The quantitative estimate of drug-likeness (QED) is 0.719. The molecule has 0 aliphatic heterocycles. The zero-order valence-corrected chi connectivity index (χ0v) is 11.1. The van der Waals surface area contributed by atoms with Gasteiger partial charge in [0.2, 0.25) is 10.0 Å². The molecule has 2 unspecified atom stereocenters. The van der Waals surface area contributed by atoms with E-state index in [1.54, 1.807) is 0 Å². The Balaban J connectivity index is 0.00000225. The van der Waals surface area contributed by atoms with Crippen LogP contribution in [0.25, 0.3) is 0 Å². The van der Waals surface area contributed by atoms with E-state index in [0.717, 1.165) is 19.3 Å². The highest BCUT2D eigenvalue weighted by Crippen LogP contribution is 2.25. The Kier molecular flexibility index (Phi) is 7.50. The van der Waals surface area contributed by atoms with Gasteiger partial charge in [0.15, 0.2) is 0 Å². The standard InChI is InChI=1S/C9H20N2O3S.ClH/c1-14-5-6-15(12,13)11-9-4-2-3-8(9)7-10;/h8-9,11H,2-7,10H2,1H3;1H. The van der Waals surface area contributed by atoms with Gasteiger partial charge in [-0.2, -0.15) is 0 Å². The molecule has 0 aromatic carbocycles. The average molecular weight is 273 g/mol. The summed E-state index contributed by atoms with van der Waals surface area (Å²) in [5, 5.41) is 0. The summed E-state index contributed by atoms with van der Waals surface area (Å²) < 4.78 is 30.6. The summed E-state index contributed by atoms with van der Waals surface area (Å²) in [6.07, 6.45) is 2.97. The maximum Gasteiger partial charge on any atom is 0.214 e. The number of sulfonamides is 1. The Hall–Kier alpha value is 0.120. The van der Waals surface area contributed by atoms with Crippen molar-refractivity contribution in [3.63, 3.8) is 0 Å². The molecule has 5 nitrogen and oxygen atoms in total. The summed E-state index contributed by atoms with van der Waals surface area (Å²) in [4.78, 5) is 0. The molecule has 2 atom stereocenters. The fourth-order valence-electron chi connectivity index (χ4n) is 1.96. The molecule has 0 bridgehead atoms. The molecule has 0 aromatic heterocycles. The van der Waals surface area contributed by atoms with Gasteiger partial charge in [-0.25, -0.2) is 13.1 Å². The van der Waals surface area contributed by atoms with Crippen molar-refractivity contribution in [2.75, 3.05) is 26.0 Å². The van der Waals surface area contributed by atoms with Gasteiger partial charge in [0.25, 0.3) is 0 Å². The van der Waals surface area contributed by atoms with E-state index >= 15 is 0 Å². The van der Waals surface area contributed by atoms with E-state index in [-0.39, 0.29) is 30.8 Å². The van der Waals surface area contributed by atoms with E-state index < -0.39 is 10.0 Å². The highest BCUT2D eigenvalue weighted by Gasteiger charge is 2.29. The van der Waals surface area contributed by atoms with E-state index in [0.29, 0.717) is 12.5 Å². The molecule has 0 spiro atoms. The van der Waals surface area contributed by atoms with Crippen molar-refractivity contribution in [1.82, 2.24) is 4.72 Å². The van der Waals surface area contributed by atoms with Crippen LogP contribution in [0, 0.1) is 5.92 Å². The van der Waals surface area contributed by atoms with Gasteiger partial charge in [-0.15, -0.1) is 12.4 Å². The maximum absolute atomic E-state index is 11.6. The number of halogens is 1. The number of hydrogen-bond acceptors (Lipinski definition) is 4. The average Bonchev–Trinajstić information content (AvgIpc) is 2.61. The lowest BCUT2D eigenvalue weighted by Gasteiger charge is -2.19. The van der Waals surface area contributed by atoms with Crippen LogP contribution in [0.3, 0.4) is 0 Å². The fraction of sp³-hybridized carbons (Fsp3) is 1.00. The van der Waals surface area contributed by atoms with Crippen LogP contribution >= 0.6 is 12.4 Å². The molecule has 1 fully saturated rings. The van der Waals surface area contributed by atoms with Crippen molar-refractivity contribution in [2.24, 2.45) is 11.7 Å². The van der Waals surface area contributed by atoms with Crippen LogP contribution in [-0.4, -0.2) is 40.5 Å². The van der Waals surface area contributed by atoms with E-state index in [4.69, 9.17) is 10.5 Å². The van der Waals surface area contributed by atoms with E-state index in [2.05, 4.69) is 4.72 Å². The number of ether oxygens (including phenoxy) is 1. The second kappa shape index (κ2) is 7.45. The summed E-state index contributed by atoms with van der Waals surface area (Å²) in [5.74, 6) is 0.319. The summed E-state index contributed by atoms with van der Waals surface area (Å²) in [7, 11) is -1.71. The van der Waals surface area contributed by atoms with Gasteiger partial charge < -0.3 is 10.5 Å². The van der Waals surface area contributed by atoms with Gasteiger partial charge in [0.1, 0.15) is 0 Å². The van der Waals surface area contributed by atoms with Crippen LogP contribution < -0.4 is 10.5 Å². The van der Waals surface area contributed by atoms with Crippen molar-refractivity contribution < 1.29 is 13.2 Å². The van der Waals surface area contributed by atoms with Crippen LogP contribution in [-0.2, 0) is 14.8 Å². The van der Waals surface area contributed by atoms with Crippen LogP contribution in [0.2, 0.25) is 0 Å². The second-order valence-corrected chi connectivity index (χ2v) is 5.84. The minimum atomic E-state index is -3.20. The maximum atomic E-state index is 11.6. The molecule has 1 rings (SSSR count). The van der Waals surface area contributed by atoms with Crippen molar-refractivity contribution in [1.29, 1.82) is 0 Å². The Morgan fingerprint density at radius 1 is 1.44 bits per heavy atom. The van der Waals surface area contributed by atoms with E-state index in [1.807, 2.05) is 0 Å². The van der Waals surface area contributed by atoms with Crippen molar-refractivity contribution >= 4 is 22.4 Å². The van der Waals surface area contributed by atoms with Gasteiger partial charge in [-0.3, -0.25) is 0 Å². The number of nitrogens with two attached hydrogens (primary N) is 1. The Labute approximate surface area is 104 Å². The lowest BCUT2D eigenvalue weighted by Crippen LogP contribution is -2.41. The second-order valence-electron chi connectivity index (χ2n) is 3.96. The highest BCUT2D eigenvalue weighted by molar-refractivity contribution is 7.89. The first-order valence-corrected chi connectivity index (χ1v) is 6.93. The van der Waals surface area contributed by atoms with E-state index in [1.165, 1.54) is 7.11 Å². The summed E-state index contributed by atoms with van der Waals surface area (Å²) in [6, 6.07) is 0.0249. The Bertz CT molecular complexity index is 284. The lowest BCUT2D eigenvalue weighted by molar-refractivity contribution is 0.216. The monoisotopic (exact) mass is 272 g/mol. The molecule has 1 aliphatic rings. The number of nitrogens with one attached hydrogen (secondary N) is 1. The molecule has 0 saturated heterocycles. The van der Waals surface area contributed by atoms with Crippen molar-refractivity contribution in [3.05, 3.63) is 0 Å². The van der Waals surface area contributed by atoms with Crippen LogP contribution in [0.4, 0.5) is 0 Å². The third-order valence-corrected chi connectivity index (χ3v) is 4.21. The topological polar surface area (TPSA) is 81.4 Å². The van der Waals surface area contributed by atoms with Crippen LogP contribution in [0.15, 0.2) is 0 Å². The molecule has 0 amide bonds. The van der Waals surface area contributed by atoms with Gasteiger partial charge >= 0.3 is 0 Å². The van der Waals surface area contributed by atoms with Gasteiger partial charge in [-0.1, -0.05) is 6.42 Å². The van der Waals surface area contributed by atoms with Crippen LogP contribution in [0.1, 0.15) is 19.3 Å². The molecule has 1 aliphatic carbocycles. The molecule has 0 radical (unpaired) electrons. The van der Waals surface area contributed by atoms with Gasteiger partial charge in [0.05, 0.1) is 12.4 Å². The predicted octanol–water partition coefficient (Wildman–Crippen LogP) is 0.101. The molecule has 3 N–H and O–H groups in total. The Morgan fingerprint density at radius 2 is 2.12 bits per heavy atom. The minimum Gasteiger partial charge on any atom is -0.384 e. The smallest absolute Gasteiger partial charge is 0.214 e. The molecule has 16 heavy (non-hydrogen) atoms. The zero-order chi connectivity index (χ0) is 11.3. The first-order chi connectivity index (χ1) is 7.09. The molecule has 98 valence electrons. The zero-order valence-electron chi connectivity index (χ0n) is 9.52. The molecule has 7 heteroatoms. The number of rotatable bonds is 6. The van der Waals surface area contributed by atoms with Gasteiger partial charge in [-0.05, 0) is 25.3 Å². The normalized spacial score (nSPS) is 25.4. The van der Waals surface area contributed by atoms with Crippen molar-refractivity contribution in [2.45, 2.75) is 25.3 Å². The minimum absolute atomic E-state index is 0. The van der Waals surface area contributed by atoms with Crippen LogP contribution in [0.5, 0.6) is 0 Å². The SMILES string of the molecule is COCCS(=O)(=O)NC1CCCC1CN.Cl. The number of methoxy groups -OCH3 is 1. The largest absolute Gasteiger partial charge is 0.384 e. The molecular weight excluding hydrogens is 252 g/mol. The number of hydrogen-bond donors (Lipinski definition) is 2. The summed E-state index contributed by atoms with van der Waals surface area (Å²) >= 11 is 0. The highest BCUT2D eigenvalue weighted by atomic mass is 35.5. The van der Waals surface area contributed by atoms with Gasteiger partial charge in [0, 0.05) is 13.2 Å². The lowest BCUT2D eigenvalue weighted by atomic mass is 10.1. The summed E-state index contributed by atoms with van der Waals surface area (Å²) in [6.45, 7) is 0.785. The summed E-state index contributed by atoms with van der Waals surface area (Å²) in [5.41, 5.74) is 5.58. The molecule has 0 aromatic rings. The fourth-order valence-corrected chi connectivity index (χ4v) is 3.23. The first kappa shape index (κ1) is 16.1. The Morgan fingerprint density at radius 3 is 2.69 bits per heavy atom.